The van der Waals surface area contributed by atoms with Gasteiger partial charge in [-0.1, -0.05) is 6.07 Å². The van der Waals surface area contributed by atoms with Crippen molar-refractivity contribution in [3.05, 3.63) is 54.9 Å². The molecule has 0 N–H and O–H groups in total. The third-order valence-electron chi connectivity index (χ3n) is 3.35. The fraction of sp³-hybridized carbons (Fsp3) is 0.294. The summed E-state index contributed by atoms with van der Waals surface area (Å²) < 4.78 is 11.3. The number of hydrogen-bond acceptors (Lipinski definition) is 6. The Labute approximate surface area is 151 Å². The summed E-state index contributed by atoms with van der Waals surface area (Å²) in [6.45, 7) is 3.21. The zero-order valence-electron chi connectivity index (χ0n) is 13.7. The average Bonchev–Trinajstić information content (AvgIpc) is 2.71. The molecular formula is C17H16BrNO6. The van der Waals surface area contributed by atoms with Crippen molar-refractivity contribution in [3.63, 3.8) is 0 Å². The molecule has 0 fully saturated rings. The summed E-state index contributed by atoms with van der Waals surface area (Å²) >= 11 is 3.14. The molecule has 0 bridgehead atoms. The number of ether oxygens (including phenoxy) is 2. The van der Waals surface area contributed by atoms with Gasteiger partial charge in [0, 0.05) is 6.20 Å². The number of fused-ring (bicyclic) bond motifs is 1. The first-order valence-electron chi connectivity index (χ1n) is 7.59. The van der Waals surface area contributed by atoms with Gasteiger partial charge in [-0.3, -0.25) is 14.4 Å². The predicted molar refractivity (Wildman–Crippen MR) is 94.8 cm³/mol. The summed E-state index contributed by atoms with van der Waals surface area (Å²) in [5, 5.41) is 0.0190. The van der Waals surface area contributed by atoms with E-state index in [9.17, 15) is 19.2 Å². The van der Waals surface area contributed by atoms with Crippen LogP contribution >= 0.6 is 15.9 Å². The SMILES string of the molecule is CCOC(=O)Cn1cc(C(=O)OCC)c(=O)c2cccc(Br)c(=O)c21. The average molecular weight is 410 g/mol. The molecule has 1 aromatic carbocycles. The number of pyridine rings is 1. The lowest BCUT2D eigenvalue weighted by atomic mass is 10.1. The van der Waals surface area contributed by atoms with Gasteiger partial charge in [0.05, 0.1) is 23.1 Å². The second kappa shape index (κ2) is 8.06. The molecule has 1 heterocycles. The molecule has 0 aliphatic carbocycles. The molecule has 0 aliphatic heterocycles. The van der Waals surface area contributed by atoms with E-state index in [0.29, 0.717) is 0 Å². The van der Waals surface area contributed by atoms with Crippen LogP contribution < -0.4 is 10.9 Å². The molecule has 0 aliphatic rings. The third kappa shape index (κ3) is 3.96. The van der Waals surface area contributed by atoms with Gasteiger partial charge in [0.25, 0.3) is 0 Å². The van der Waals surface area contributed by atoms with Crippen LogP contribution in [0.25, 0.3) is 10.9 Å². The zero-order chi connectivity index (χ0) is 18.6. The van der Waals surface area contributed by atoms with E-state index in [1.54, 1.807) is 13.8 Å². The maximum absolute atomic E-state index is 12.6. The lowest BCUT2D eigenvalue weighted by Crippen LogP contribution is -2.25. The number of nitrogens with zero attached hydrogens (tertiary/aromatic N) is 1. The molecule has 0 atom stereocenters. The Bertz CT molecular complexity index is 950. The number of aromatic nitrogens is 1. The van der Waals surface area contributed by atoms with Crippen LogP contribution in [0.4, 0.5) is 0 Å². The molecule has 0 saturated heterocycles. The maximum Gasteiger partial charge on any atom is 0.343 e. The Morgan fingerprint density at radius 3 is 2.40 bits per heavy atom. The first-order chi connectivity index (χ1) is 11.9. The predicted octanol–water partition coefficient (Wildman–Crippen LogP) is 1.86. The smallest absolute Gasteiger partial charge is 0.343 e. The minimum Gasteiger partial charge on any atom is -0.465 e. The van der Waals surface area contributed by atoms with Crippen molar-refractivity contribution < 1.29 is 19.1 Å². The number of hydrogen-bond donors (Lipinski definition) is 0. The highest BCUT2D eigenvalue weighted by molar-refractivity contribution is 9.10. The molecule has 8 heteroatoms. The molecule has 0 amide bonds. The van der Waals surface area contributed by atoms with Crippen LogP contribution in [-0.2, 0) is 20.8 Å². The van der Waals surface area contributed by atoms with Gasteiger partial charge < -0.3 is 14.0 Å². The van der Waals surface area contributed by atoms with E-state index >= 15 is 0 Å². The Balaban J connectivity index is 2.85. The second-order valence-electron chi connectivity index (χ2n) is 4.99. The van der Waals surface area contributed by atoms with Crippen LogP contribution in [0.15, 0.2) is 38.5 Å². The van der Waals surface area contributed by atoms with Crippen molar-refractivity contribution in [2.24, 2.45) is 0 Å². The van der Waals surface area contributed by atoms with E-state index in [0.717, 1.165) is 6.20 Å². The molecule has 0 saturated carbocycles. The summed E-state index contributed by atoms with van der Waals surface area (Å²) in [4.78, 5) is 49.1. The van der Waals surface area contributed by atoms with Gasteiger partial charge in [0.1, 0.15) is 17.6 Å². The van der Waals surface area contributed by atoms with E-state index in [-0.39, 0.29) is 40.7 Å². The van der Waals surface area contributed by atoms with Gasteiger partial charge >= 0.3 is 11.9 Å². The number of carbonyl (C=O) groups is 2. The third-order valence-corrected chi connectivity index (χ3v) is 3.98. The molecule has 0 radical (unpaired) electrons. The Morgan fingerprint density at radius 2 is 1.76 bits per heavy atom. The Morgan fingerprint density at radius 1 is 1.08 bits per heavy atom. The van der Waals surface area contributed by atoms with Crippen LogP contribution in [0.5, 0.6) is 0 Å². The van der Waals surface area contributed by atoms with E-state index in [1.807, 2.05) is 0 Å². The van der Waals surface area contributed by atoms with Gasteiger partial charge in [-0.05, 0) is 41.9 Å². The number of rotatable bonds is 5. The molecule has 2 rings (SSSR count). The molecule has 1 aromatic heterocycles. The van der Waals surface area contributed by atoms with Gasteiger partial charge in [0.2, 0.25) is 10.9 Å². The van der Waals surface area contributed by atoms with Crippen LogP contribution in [0.3, 0.4) is 0 Å². The van der Waals surface area contributed by atoms with Crippen molar-refractivity contribution in [3.8, 4) is 0 Å². The molecule has 132 valence electrons. The first-order valence-corrected chi connectivity index (χ1v) is 8.38. The van der Waals surface area contributed by atoms with Gasteiger partial charge in [-0.25, -0.2) is 4.79 Å². The monoisotopic (exact) mass is 409 g/mol. The quantitative estimate of drug-likeness (QED) is 0.699. The first kappa shape index (κ1) is 18.9. The Kier molecular flexibility index (Phi) is 6.08. The van der Waals surface area contributed by atoms with Crippen molar-refractivity contribution in [1.29, 1.82) is 0 Å². The molecule has 0 unspecified atom stereocenters. The van der Waals surface area contributed by atoms with E-state index in [1.165, 1.54) is 22.8 Å². The van der Waals surface area contributed by atoms with E-state index < -0.39 is 22.8 Å². The van der Waals surface area contributed by atoms with E-state index in [2.05, 4.69) is 15.9 Å². The van der Waals surface area contributed by atoms with Gasteiger partial charge in [-0.15, -0.1) is 0 Å². The summed E-state index contributed by atoms with van der Waals surface area (Å²) in [6, 6.07) is 4.42. The summed E-state index contributed by atoms with van der Waals surface area (Å²) in [6.07, 6.45) is 1.16. The van der Waals surface area contributed by atoms with Crippen molar-refractivity contribution in [2.75, 3.05) is 13.2 Å². The lowest BCUT2D eigenvalue weighted by molar-refractivity contribution is -0.143. The van der Waals surface area contributed by atoms with Crippen LogP contribution in [0.2, 0.25) is 0 Å². The normalized spacial score (nSPS) is 10.5. The molecular weight excluding hydrogens is 394 g/mol. The highest BCUT2D eigenvalue weighted by atomic mass is 79.9. The van der Waals surface area contributed by atoms with Crippen LogP contribution in [-0.4, -0.2) is 29.7 Å². The van der Waals surface area contributed by atoms with Crippen molar-refractivity contribution >= 4 is 38.8 Å². The largest absolute Gasteiger partial charge is 0.465 e. The molecule has 7 nitrogen and oxygen atoms in total. The maximum atomic E-state index is 12.6. The molecule has 2 aromatic rings. The van der Waals surface area contributed by atoms with Crippen molar-refractivity contribution in [2.45, 2.75) is 20.4 Å². The fourth-order valence-electron chi connectivity index (χ4n) is 2.34. The van der Waals surface area contributed by atoms with Gasteiger partial charge in [-0.2, -0.15) is 0 Å². The highest BCUT2D eigenvalue weighted by Crippen LogP contribution is 2.12. The minimum absolute atomic E-state index is 0.00276. The molecule has 25 heavy (non-hydrogen) atoms. The number of esters is 2. The summed E-state index contributed by atoms with van der Waals surface area (Å²) in [5.74, 6) is -1.41. The Hall–Kier alpha value is -2.48. The van der Waals surface area contributed by atoms with Crippen molar-refractivity contribution in [1.82, 2.24) is 4.57 Å². The highest BCUT2D eigenvalue weighted by Gasteiger charge is 2.19. The minimum atomic E-state index is -0.815. The van der Waals surface area contributed by atoms with Crippen LogP contribution in [0.1, 0.15) is 24.2 Å². The summed E-state index contributed by atoms with van der Waals surface area (Å²) in [7, 11) is 0. The lowest BCUT2D eigenvalue weighted by Gasteiger charge is -2.11. The van der Waals surface area contributed by atoms with Crippen LogP contribution in [0, 0.1) is 0 Å². The second-order valence-corrected chi connectivity index (χ2v) is 5.84. The standard InChI is InChI=1S/C17H16BrNO6/c1-3-24-13(20)9-19-8-11(17(23)25-4-2)15(21)10-6-5-7-12(18)16(22)14(10)19/h5-8H,3-4,9H2,1-2H3. The molecule has 0 spiro atoms. The van der Waals surface area contributed by atoms with E-state index in [4.69, 9.17) is 9.47 Å². The number of carbonyl (C=O) groups excluding carboxylic acids is 2. The van der Waals surface area contributed by atoms with Gasteiger partial charge in [0.15, 0.2) is 0 Å². The fourth-order valence-corrected chi connectivity index (χ4v) is 2.68. The summed E-state index contributed by atoms with van der Waals surface area (Å²) in [5.41, 5.74) is -1.35. The topological polar surface area (TPSA) is 91.7 Å². The number of halogens is 1. The zero-order valence-corrected chi connectivity index (χ0v) is 15.3.